The predicted molar refractivity (Wildman–Crippen MR) is 129 cm³/mol. The van der Waals surface area contributed by atoms with Crippen molar-refractivity contribution in [1.82, 2.24) is 10.9 Å². The first-order valence-corrected chi connectivity index (χ1v) is 11.1. The molecular formula is C25H27BrN2O4. The Balaban J connectivity index is 1.47. The number of fused-ring (bicyclic) bond motifs is 1. The Morgan fingerprint density at radius 2 is 1.66 bits per heavy atom. The first-order chi connectivity index (χ1) is 15.1. The van der Waals surface area contributed by atoms with Crippen LogP contribution in [0, 0.1) is 0 Å². The quantitative estimate of drug-likeness (QED) is 0.474. The van der Waals surface area contributed by atoms with Gasteiger partial charge in [-0.15, -0.1) is 0 Å². The number of halogens is 1. The first-order valence-electron chi connectivity index (χ1n) is 10.3. The molecule has 1 atom stereocenters. The first kappa shape index (κ1) is 23.6. The number of nitrogens with one attached hydrogen (secondary N) is 2. The number of carbonyl (C=O) groups is 2. The van der Waals surface area contributed by atoms with E-state index in [4.69, 9.17) is 9.47 Å². The van der Waals surface area contributed by atoms with Crippen LogP contribution in [0.15, 0.2) is 65.1 Å². The van der Waals surface area contributed by atoms with Gasteiger partial charge in [0, 0.05) is 0 Å². The second-order valence-corrected chi connectivity index (χ2v) is 9.25. The van der Waals surface area contributed by atoms with Crippen molar-refractivity contribution in [2.24, 2.45) is 0 Å². The largest absolute Gasteiger partial charge is 0.483 e. The number of hydrogen-bond donors (Lipinski definition) is 2. The zero-order valence-electron chi connectivity index (χ0n) is 18.6. The molecule has 0 aromatic heterocycles. The van der Waals surface area contributed by atoms with Gasteiger partial charge in [0.25, 0.3) is 11.8 Å². The summed E-state index contributed by atoms with van der Waals surface area (Å²) < 4.78 is 12.0. The highest BCUT2D eigenvalue weighted by Gasteiger charge is 2.17. The summed E-state index contributed by atoms with van der Waals surface area (Å²) in [6, 6.07) is 19.2. The van der Waals surface area contributed by atoms with Crippen LogP contribution in [0.3, 0.4) is 0 Å². The van der Waals surface area contributed by atoms with E-state index in [9.17, 15) is 9.59 Å². The Labute approximate surface area is 196 Å². The summed E-state index contributed by atoms with van der Waals surface area (Å²) in [7, 11) is 0. The lowest BCUT2D eigenvalue weighted by molar-refractivity contribution is -0.133. The summed E-state index contributed by atoms with van der Waals surface area (Å²) in [4.78, 5) is 24.4. The molecule has 6 nitrogen and oxygen atoms in total. The minimum atomic E-state index is -0.786. The SMILES string of the molecule is CC(Oc1ccc(C(C)(C)C)cc1)C(=O)NNC(=O)COc1ccc2ccccc2c1Br. The van der Waals surface area contributed by atoms with Gasteiger partial charge < -0.3 is 9.47 Å². The molecule has 0 aliphatic heterocycles. The molecule has 0 fully saturated rings. The van der Waals surface area contributed by atoms with Crippen molar-refractivity contribution in [2.45, 2.75) is 39.2 Å². The Kier molecular flexibility index (Phi) is 7.40. The lowest BCUT2D eigenvalue weighted by Gasteiger charge is -2.20. The normalized spacial score (nSPS) is 12.2. The van der Waals surface area contributed by atoms with Gasteiger partial charge in [0.15, 0.2) is 12.7 Å². The second-order valence-electron chi connectivity index (χ2n) is 8.46. The molecule has 32 heavy (non-hydrogen) atoms. The van der Waals surface area contributed by atoms with Gasteiger partial charge in [0.05, 0.1) is 4.47 Å². The summed E-state index contributed by atoms with van der Waals surface area (Å²) in [5, 5.41) is 2.05. The minimum Gasteiger partial charge on any atom is -0.483 e. The monoisotopic (exact) mass is 498 g/mol. The molecule has 0 aliphatic carbocycles. The third kappa shape index (κ3) is 6.01. The van der Waals surface area contributed by atoms with E-state index in [0.717, 1.165) is 15.2 Å². The summed E-state index contributed by atoms with van der Waals surface area (Å²) in [6.45, 7) is 7.75. The molecule has 0 saturated heterocycles. The summed E-state index contributed by atoms with van der Waals surface area (Å²) in [5.41, 5.74) is 5.92. The van der Waals surface area contributed by atoms with Crippen LogP contribution in [0.25, 0.3) is 10.8 Å². The van der Waals surface area contributed by atoms with Crippen LogP contribution in [0.1, 0.15) is 33.3 Å². The third-order valence-electron chi connectivity index (χ3n) is 4.91. The fraction of sp³-hybridized carbons (Fsp3) is 0.280. The summed E-state index contributed by atoms with van der Waals surface area (Å²) >= 11 is 3.52. The number of ether oxygens (including phenoxy) is 2. The molecule has 2 N–H and O–H groups in total. The van der Waals surface area contributed by atoms with E-state index in [1.54, 1.807) is 13.0 Å². The standard InChI is InChI=1S/C25H27BrN2O4/c1-16(32-19-12-10-18(11-13-19)25(2,3)4)24(30)28-27-22(29)15-31-21-14-9-17-7-5-6-8-20(17)23(21)26/h5-14,16H,15H2,1-4H3,(H,27,29)(H,28,30). The van der Waals surface area contributed by atoms with Gasteiger partial charge in [-0.05, 0) is 62.8 Å². The maximum Gasteiger partial charge on any atom is 0.279 e. The van der Waals surface area contributed by atoms with Gasteiger partial charge >= 0.3 is 0 Å². The minimum absolute atomic E-state index is 0.0380. The lowest BCUT2D eigenvalue weighted by atomic mass is 9.87. The van der Waals surface area contributed by atoms with Crippen LogP contribution in [0.4, 0.5) is 0 Å². The predicted octanol–water partition coefficient (Wildman–Crippen LogP) is 4.89. The Morgan fingerprint density at radius 1 is 0.969 bits per heavy atom. The molecule has 0 bridgehead atoms. The Hall–Kier alpha value is -3.06. The Bertz CT molecular complexity index is 1110. The van der Waals surface area contributed by atoms with E-state index in [1.807, 2.05) is 54.6 Å². The summed E-state index contributed by atoms with van der Waals surface area (Å²) in [6.07, 6.45) is -0.786. The van der Waals surface area contributed by atoms with Crippen LogP contribution in [-0.2, 0) is 15.0 Å². The molecule has 3 aromatic rings. The van der Waals surface area contributed by atoms with E-state index < -0.39 is 17.9 Å². The number of hydrogen-bond acceptors (Lipinski definition) is 4. The van der Waals surface area contributed by atoms with Gasteiger partial charge in [-0.1, -0.05) is 63.2 Å². The average molecular weight is 499 g/mol. The molecule has 7 heteroatoms. The molecule has 3 aromatic carbocycles. The molecule has 0 aliphatic rings. The van der Waals surface area contributed by atoms with Crippen molar-refractivity contribution >= 4 is 38.5 Å². The van der Waals surface area contributed by atoms with Gasteiger partial charge in [-0.3, -0.25) is 20.4 Å². The average Bonchev–Trinajstić information content (AvgIpc) is 2.77. The molecular weight excluding hydrogens is 472 g/mol. The maximum atomic E-state index is 12.3. The van der Waals surface area contributed by atoms with Crippen molar-refractivity contribution in [1.29, 1.82) is 0 Å². The molecule has 168 valence electrons. The van der Waals surface area contributed by atoms with Gasteiger partial charge in [-0.2, -0.15) is 0 Å². The molecule has 0 radical (unpaired) electrons. The van der Waals surface area contributed by atoms with Crippen LogP contribution >= 0.6 is 15.9 Å². The smallest absolute Gasteiger partial charge is 0.279 e. The van der Waals surface area contributed by atoms with Crippen molar-refractivity contribution in [2.75, 3.05) is 6.61 Å². The maximum absolute atomic E-state index is 12.3. The Morgan fingerprint density at radius 3 is 2.34 bits per heavy atom. The number of amides is 2. The molecule has 3 rings (SSSR count). The molecule has 2 amide bonds. The molecule has 0 heterocycles. The highest BCUT2D eigenvalue weighted by Crippen LogP contribution is 2.33. The fourth-order valence-electron chi connectivity index (χ4n) is 3.03. The topological polar surface area (TPSA) is 76.7 Å². The van der Waals surface area contributed by atoms with E-state index in [2.05, 4.69) is 47.6 Å². The molecule has 0 spiro atoms. The van der Waals surface area contributed by atoms with Gasteiger partial charge in [0.2, 0.25) is 0 Å². The van der Waals surface area contributed by atoms with Crippen LogP contribution < -0.4 is 20.3 Å². The number of rotatable bonds is 6. The number of hydrazine groups is 1. The molecule has 1 unspecified atom stereocenters. The zero-order chi connectivity index (χ0) is 23.3. The summed E-state index contributed by atoms with van der Waals surface area (Å²) in [5.74, 6) is 0.169. The van der Waals surface area contributed by atoms with E-state index in [-0.39, 0.29) is 12.0 Å². The van der Waals surface area contributed by atoms with Crippen molar-refractivity contribution in [3.05, 3.63) is 70.7 Å². The second kappa shape index (κ2) is 10.0. The zero-order valence-corrected chi connectivity index (χ0v) is 20.2. The van der Waals surface area contributed by atoms with Crippen molar-refractivity contribution in [3.8, 4) is 11.5 Å². The fourth-order valence-corrected chi connectivity index (χ4v) is 3.64. The van der Waals surface area contributed by atoms with Gasteiger partial charge in [0.1, 0.15) is 11.5 Å². The van der Waals surface area contributed by atoms with Crippen LogP contribution in [0.2, 0.25) is 0 Å². The van der Waals surface area contributed by atoms with Crippen molar-refractivity contribution < 1.29 is 19.1 Å². The molecule has 0 saturated carbocycles. The highest BCUT2D eigenvalue weighted by molar-refractivity contribution is 9.10. The van der Waals surface area contributed by atoms with Gasteiger partial charge in [-0.25, -0.2) is 0 Å². The van der Waals surface area contributed by atoms with Crippen LogP contribution in [0.5, 0.6) is 11.5 Å². The van der Waals surface area contributed by atoms with Crippen molar-refractivity contribution in [3.63, 3.8) is 0 Å². The third-order valence-corrected chi connectivity index (χ3v) is 5.73. The lowest BCUT2D eigenvalue weighted by Crippen LogP contribution is -2.48. The van der Waals surface area contributed by atoms with E-state index >= 15 is 0 Å². The number of benzene rings is 3. The number of carbonyl (C=O) groups excluding carboxylic acids is 2. The van der Waals surface area contributed by atoms with E-state index in [0.29, 0.717) is 11.5 Å². The van der Waals surface area contributed by atoms with E-state index in [1.165, 1.54) is 5.56 Å². The highest BCUT2D eigenvalue weighted by atomic mass is 79.9. The van der Waals surface area contributed by atoms with Crippen LogP contribution in [-0.4, -0.2) is 24.5 Å².